The van der Waals surface area contributed by atoms with Gasteiger partial charge >= 0.3 is 0 Å². The van der Waals surface area contributed by atoms with Crippen molar-refractivity contribution in [2.75, 3.05) is 5.73 Å². The third kappa shape index (κ3) is 2.13. The van der Waals surface area contributed by atoms with Gasteiger partial charge in [-0.05, 0) is 31.2 Å². The Kier molecular flexibility index (Phi) is 3.45. The smallest absolute Gasteiger partial charge is 0.270 e. The molecule has 1 atom stereocenters. The summed E-state index contributed by atoms with van der Waals surface area (Å²) >= 11 is 0. The van der Waals surface area contributed by atoms with Gasteiger partial charge in [-0.3, -0.25) is 28.9 Å². The molecular weight excluding hydrogens is 350 g/mol. The lowest BCUT2D eigenvalue weighted by molar-refractivity contribution is -0.129. The van der Waals surface area contributed by atoms with Crippen LogP contribution in [0.1, 0.15) is 48.4 Å². The van der Waals surface area contributed by atoms with Crippen molar-refractivity contribution in [3.8, 4) is 0 Å². The average Bonchev–Trinajstić information content (AvgIpc) is 3.06. The Bertz CT molecular complexity index is 1040. The summed E-state index contributed by atoms with van der Waals surface area (Å²) < 4.78 is 0. The van der Waals surface area contributed by atoms with Crippen LogP contribution in [-0.4, -0.2) is 45.4 Å². The van der Waals surface area contributed by atoms with Gasteiger partial charge in [-0.25, -0.2) is 4.90 Å². The molecule has 0 radical (unpaired) electrons. The van der Waals surface area contributed by atoms with Gasteiger partial charge in [-0.15, -0.1) is 0 Å². The minimum Gasteiger partial charge on any atom is -0.398 e. The molecule has 8 heteroatoms. The van der Waals surface area contributed by atoms with Gasteiger partial charge in [0.1, 0.15) is 6.04 Å². The Morgan fingerprint density at radius 3 is 1.93 bits per heavy atom. The summed E-state index contributed by atoms with van der Waals surface area (Å²) in [4.78, 5) is 64.3. The summed E-state index contributed by atoms with van der Waals surface area (Å²) in [5, 5.41) is 0. The molecule has 2 aromatic rings. The Hall–Kier alpha value is -3.81. The Balaban J connectivity index is 1.68. The van der Waals surface area contributed by atoms with Crippen LogP contribution in [0.4, 0.5) is 5.69 Å². The number of carbonyl (C=O) groups excluding carboxylic acids is 5. The molecule has 134 valence electrons. The molecule has 27 heavy (non-hydrogen) atoms. The molecule has 0 unspecified atom stereocenters. The first-order valence-corrected chi connectivity index (χ1v) is 8.12. The van der Waals surface area contributed by atoms with Crippen LogP contribution in [0.2, 0.25) is 0 Å². The molecule has 2 aliphatic rings. The van der Waals surface area contributed by atoms with E-state index < -0.39 is 35.6 Å². The summed E-state index contributed by atoms with van der Waals surface area (Å²) in [7, 11) is 0. The molecule has 0 aliphatic carbocycles. The second-order valence-corrected chi connectivity index (χ2v) is 6.26. The Morgan fingerprint density at radius 1 is 0.815 bits per heavy atom. The highest BCUT2D eigenvalue weighted by atomic mass is 16.2. The van der Waals surface area contributed by atoms with Crippen LogP contribution >= 0.6 is 0 Å². The largest absolute Gasteiger partial charge is 0.398 e. The van der Waals surface area contributed by atoms with Gasteiger partial charge in [0.05, 0.1) is 22.3 Å². The van der Waals surface area contributed by atoms with Gasteiger partial charge in [0.2, 0.25) is 0 Å². The lowest BCUT2D eigenvalue weighted by Gasteiger charge is -2.24. The molecule has 4 rings (SSSR count). The van der Waals surface area contributed by atoms with E-state index in [2.05, 4.69) is 0 Å². The molecule has 0 bridgehead atoms. The molecule has 0 fully saturated rings. The van der Waals surface area contributed by atoms with Crippen molar-refractivity contribution in [3.05, 3.63) is 64.7 Å². The van der Waals surface area contributed by atoms with Crippen LogP contribution in [-0.2, 0) is 4.79 Å². The fourth-order valence-corrected chi connectivity index (χ4v) is 3.37. The van der Waals surface area contributed by atoms with Gasteiger partial charge < -0.3 is 5.73 Å². The lowest BCUT2D eigenvalue weighted by atomic mass is 10.1. The molecule has 2 N–H and O–H groups in total. The van der Waals surface area contributed by atoms with E-state index in [0.29, 0.717) is 4.90 Å². The van der Waals surface area contributed by atoms with E-state index in [9.17, 15) is 24.0 Å². The van der Waals surface area contributed by atoms with Crippen LogP contribution < -0.4 is 5.73 Å². The van der Waals surface area contributed by atoms with Crippen molar-refractivity contribution in [1.82, 2.24) is 9.80 Å². The number of nitrogens with zero attached hydrogens (tertiary/aromatic N) is 2. The average molecular weight is 363 g/mol. The lowest BCUT2D eigenvalue weighted by Crippen LogP contribution is -2.51. The van der Waals surface area contributed by atoms with Crippen molar-refractivity contribution in [1.29, 1.82) is 0 Å². The van der Waals surface area contributed by atoms with E-state index in [1.807, 2.05) is 0 Å². The molecule has 0 saturated carbocycles. The van der Waals surface area contributed by atoms with Crippen molar-refractivity contribution in [2.45, 2.75) is 13.0 Å². The zero-order valence-corrected chi connectivity index (χ0v) is 14.1. The van der Waals surface area contributed by atoms with E-state index in [4.69, 9.17) is 5.73 Å². The highest BCUT2D eigenvalue weighted by Crippen LogP contribution is 2.30. The molecule has 0 saturated heterocycles. The number of amides is 5. The third-order valence-corrected chi connectivity index (χ3v) is 4.74. The molecule has 0 aromatic heterocycles. The summed E-state index contributed by atoms with van der Waals surface area (Å²) in [6.45, 7) is 1.30. The summed E-state index contributed by atoms with van der Waals surface area (Å²) in [6, 6.07) is 9.18. The van der Waals surface area contributed by atoms with Crippen molar-refractivity contribution in [2.24, 2.45) is 0 Å². The Morgan fingerprint density at radius 2 is 1.37 bits per heavy atom. The molecule has 8 nitrogen and oxygen atoms in total. The number of anilines is 1. The number of hydrogen-bond acceptors (Lipinski definition) is 6. The van der Waals surface area contributed by atoms with E-state index in [1.165, 1.54) is 37.3 Å². The quantitative estimate of drug-likeness (QED) is 0.630. The third-order valence-electron chi connectivity index (χ3n) is 4.74. The maximum Gasteiger partial charge on any atom is 0.270 e. The fourth-order valence-electron chi connectivity index (χ4n) is 3.37. The summed E-state index contributed by atoms with van der Waals surface area (Å²) in [6.07, 6.45) is 0. The number of nitrogen functional groups attached to an aromatic ring is 1. The van der Waals surface area contributed by atoms with Crippen LogP contribution in [0.15, 0.2) is 42.5 Å². The summed E-state index contributed by atoms with van der Waals surface area (Å²) in [5.74, 6) is -3.94. The van der Waals surface area contributed by atoms with Gasteiger partial charge in [-0.1, -0.05) is 18.2 Å². The molecule has 0 spiro atoms. The number of nitrogens with two attached hydrogens (primary N) is 1. The number of carbonyl (C=O) groups is 5. The normalized spacial score (nSPS) is 16.6. The minimum absolute atomic E-state index is 0.0166. The monoisotopic (exact) mass is 363 g/mol. The first-order valence-electron chi connectivity index (χ1n) is 8.12. The number of hydrogen-bond donors (Lipinski definition) is 1. The van der Waals surface area contributed by atoms with Gasteiger partial charge in [0, 0.05) is 5.69 Å². The zero-order valence-electron chi connectivity index (χ0n) is 14.1. The highest BCUT2D eigenvalue weighted by Gasteiger charge is 2.47. The van der Waals surface area contributed by atoms with E-state index in [-0.39, 0.29) is 27.9 Å². The minimum atomic E-state index is -1.33. The van der Waals surface area contributed by atoms with E-state index >= 15 is 0 Å². The molecule has 2 aromatic carbocycles. The molecule has 2 aliphatic heterocycles. The van der Waals surface area contributed by atoms with Crippen molar-refractivity contribution in [3.63, 3.8) is 0 Å². The van der Waals surface area contributed by atoms with E-state index in [0.717, 1.165) is 4.90 Å². The van der Waals surface area contributed by atoms with Crippen LogP contribution in [0.25, 0.3) is 0 Å². The summed E-state index contributed by atoms with van der Waals surface area (Å²) in [5.41, 5.74) is 6.15. The topological polar surface area (TPSA) is 118 Å². The fraction of sp³-hybridized carbons (Fsp3) is 0.105. The van der Waals surface area contributed by atoms with Gasteiger partial charge in [0.15, 0.2) is 0 Å². The van der Waals surface area contributed by atoms with E-state index in [1.54, 1.807) is 12.1 Å². The number of fused-ring (bicyclic) bond motifs is 2. The number of rotatable bonds is 2. The zero-order chi connectivity index (χ0) is 19.5. The van der Waals surface area contributed by atoms with Gasteiger partial charge in [-0.2, -0.15) is 0 Å². The SMILES string of the molecule is C[C@H](C(=O)N1C(=O)c2cccc(N)c2C1=O)N1C(=O)c2ccccc2C1=O. The maximum absolute atomic E-state index is 12.9. The second kappa shape index (κ2) is 5.60. The van der Waals surface area contributed by atoms with Gasteiger partial charge in [0.25, 0.3) is 29.5 Å². The predicted molar refractivity (Wildman–Crippen MR) is 92.8 cm³/mol. The molecular formula is C19H13N3O5. The molecule has 5 amide bonds. The second-order valence-electron chi connectivity index (χ2n) is 6.26. The number of imide groups is 4. The molecule has 2 heterocycles. The standard InChI is InChI=1S/C19H13N3O5/c1-9(21-16(24)10-5-2-3-6-11(10)17(21)25)15(23)22-18(26)12-7-4-8-13(20)14(12)19(22)27/h2-9H,20H2,1H3/t9-/m1/s1. The van der Waals surface area contributed by atoms with Crippen molar-refractivity contribution >= 4 is 35.2 Å². The highest BCUT2D eigenvalue weighted by molar-refractivity contribution is 6.32. The van der Waals surface area contributed by atoms with Crippen LogP contribution in [0.3, 0.4) is 0 Å². The first kappa shape index (κ1) is 16.6. The predicted octanol–water partition coefficient (Wildman–Crippen LogP) is 1.08. The Labute approximate surface area is 153 Å². The van der Waals surface area contributed by atoms with Crippen LogP contribution in [0, 0.1) is 0 Å². The van der Waals surface area contributed by atoms with Crippen LogP contribution in [0.5, 0.6) is 0 Å². The maximum atomic E-state index is 12.9. The number of benzene rings is 2. The first-order chi connectivity index (χ1) is 12.8. The van der Waals surface area contributed by atoms with Crippen molar-refractivity contribution < 1.29 is 24.0 Å².